The zero-order valence-corrected chi connectivity index (χ0v) is 14.4. The van der Waals surface area contributed by atoms with Gasteiger partial charge in [0.2, 0.25) is 0 Å². The Labute approximate surface area is 130 Å². The average molecular weight is 341 g/mol. The molecule has 0 aromatic heterocycles. The third-order valence-electron chi connectivity index (χ3n) is 4.40. The summed E-state index contributed by atoms with van der Waals surface area (Å²) in [6.45, 7) is 8.97. The first-order valence-corrected chi connectivity index (χ1v) is 8.19. The van der Waals surface area contributed by atoms with Crippen LogP contribution in [0.2, 0.25) is 0 Å². The van der Waals surface area contributed by atoms with Crippen LogP contribution < -0.4 is 15.0 Å². The van der Waals surface area contributed by atoms with Gasteiger partial charge in [0.05, 0.1) is 11.6 Å². The van der Waals surface area contributed by atoms with Crippen LogP contribution in [0.25, 0.3) is 0 Å². The van der Waals surface area contributed by atoms with Crippen LogP contribution in [0.4, 0.5) is 5.69 Å². The summed E-state index contributed by atoms with van der Waals surface area (Å²) >= 11 is 3.58. The number of nitrogens with zero attached hydrogens (tertiary/aromatic N) is 1. The fraction of sp³-hybridized carbons (Fsp3) is 0.625. The molecular weight excluding hydrogens is 316 g/mol. The number of rotatable bonds is 4. The minimum atomic E-state index is 0.510. The summed E-state index contributed by atoms with van der Waals surface area (Å²) in [4.78, 5) is 2.50. The molecule has 1 aliphatic heterocycles. The second-order valence-electron chi connectivity index (χ2n) is 5.72. The van der Waals surface area contributed by atoms with Crippen molar-refractivity contribution in [2.24, 2.45) is 5.92 Å². The lowest BCUT2D eigenvalue weighted by molar-refractivity contribution is 0.315. The summed E-state index contributed by atoms with van der Waals surface area (Å²) in [6.07, 6.45) is 1.21. The zero-order valence-electron chi connectivity index (χ0n) is 12.8. The highest BCUT2D eigenvalue weighted by molar-refractivity contribution is 9.10. The second kappa shape index (κ2) is 6.81. The molecule has 2 rings (SSSR count). The lowest BCUT2D eigenvalue weighted by atomic mass is 9.95. The first-order valence-electron chi connectivity index (χ1n) is 7.40. The number of anilines is 1. The Hall–Kier alpha value is -0.740. The molecule has 1 aliphatic rings. The van der Waals surface area contributed by atoms with Gasteiger partial charge >= 0.3 is 0 Å². The fourth-order valence-electron chi connectivity index (χ4n) is 2.75. The van der Waals surface area contributed by atoms with Crippen molar-refractivity contribution in [1.82, 2.24) is 5.32 Å². The number of piperazine rings is 1. The van der Waals surface area contributed by atoms with E-state index < -0.39 is 0 Å². The molecule has 0 spiro atoms. The highest BCUT2D eigenvalue weighted by atomic mass is 79.9. The molecule has 3 atom stereocenters. The van der Waals surface area contributed by atoms with E-state index in [-0.39, 0.29) is 0 Å². The molecule has 1 saturated heterocycles. The predicted molar refractivity (Wildman–Crippen MR) is 88.7 cm³/mol. The van der Waals surface area contributed by atoms with E-state index in [2.05, 4.69) is 59.1 Å². The molecule has 1 heterocycles. The number of ether oxygens (including phenoxy) is 1. The number of nitrogens with one attached hydrogen (secondary N) is 1. The molecule has 1 fully saturated rings. The van der Waals surface area contributed by atoms with Gasteiger partial charge in [0, 0.05) is 30.9 Å². The summed E-state index contributed by atoms with van der Waals surface area (Å²) in [5, 5.41) is 3.68. The minimum absolute atomic E-state index is 0.510. The lowest BCUT2D eigenvalue weighted by Gasteiger charge is -2.42. The largest absolute Gasteiger partial charge is 0.496 e. The highest BCUT2D eigenvalue weighted by Crippen LogP contribution is 2.31. The Morgan fingerprint density at radius 2 is 2.25 bits per heavy atom. The molecule has 4 heteroatoms. The van der Waals surface area contributed by atoms with E-state index in [9.17, 15) is 0 Å². The first-order chi connectivity index (χ1) is 9.56. The SMILES string of the molecule is CCC(C)C1CN(c2ccc(OC)c(Br)c2)C(C)CN1. The van der Waals surface area contributed by atoms with Gasteiger partial charge in [-0.25, -0.2) is 0 Å². The molecule has 0 saturated carbocycles. The van der Waals surface area contributed by atoms with Gasteiger partial charge in [-0.05, 0) is 47.0 Å². The van der Waals surface area contributed by atoms with Gasteiger partial charge in [-0.3, -0.25) is 0 Å². The Morgan fingerprint density at radius 1 is 1.50 bits per heavy atom. The molecule has 20 heavy (non-hydrogen) atoms. The molecule has 0 aliphatic carbocycles. The quantitative estimate of drug-likeness (QED) is 0.904. The van der Waals surface area contributed by atoms with Crippen molar-refractivity contribution in [2.45, 2.75) is 39.3 Å². The summed E-state index contributed by atoms with van der Waals surface area (Å²) in [5.41, 5.74) is 1.26. The molecular formula is C16H25BrN2O. The molecule has 0 radical (unpaired) electrons. The Morgan fingerprint density at radius 3 is 2.85 bits per heavy atom. The van der Waals surface area contributed by atoms with E-state index in [1.807, 2.05) is 6.07 Å². The Kier molecular flexibility index (Phi) is 5.33. The van der Waals surface area contributed by atoms with Crippen LogP contribution in [0.1, 0.15) is 27.2 Å². The van der Waals surface area contributed by atoms with Crippen LogP contribution in [0.15, 0.2) is 22.7 Å². The molecule has 3 unspecified atom stereocenters. The van der Waals surface area contributed by atoms with Crippen LogP contribution in [0.5, 0.6) is 5.75 Å². The van der Waals surface area contributed by atoms with E-state index in [1.165, 1.54) is 12.1 Å². The smallest absolute Gasteiger partial charge is 0.133 e. The molecule has 112 valence electrons. The van der Waals surface area contributed by atoms with Crippen LogP contribution >= 0.6 is 15.9 Å². The molecule has 0 amide bonds. The zero-order chi connectivity index (χ0) is 14.7. The maximum absolute atomic E-state index is 5.31. The van der Waals surface area contributed by atoms with Crippen molar-refractivity contribution in [3.8, 4) is 5.75 Å². The lowest BCUT2D eigenvalue weighted by Crippen LogP contribution is -2.57. The van der Waals surface area contributed by atoms with Crippen molar-refractivity contribution in [3.05, 3.63) is 22.7 Å². The molecule has 1 N–H and O–H groups in total. The van der Waals surface area contributed by atoms with Crippen molar-refractivity contribution in [1.29, 1.82) is 0 Å². The van der Waals surface area contributed by atoms with Gasteiger partial charge in [0.15, 0.2) is 0 Å². The van der Waals surface area contributed by atoms with Crippen molar-refractivity contribution in [3.63, 3.8) is 0 Å². The van der Waals surface area contributed by atoms with E-state index in [1.54, 1.807) is 7.11 Å². The topological polar surface area (TPSA) is 24.5 Å². The summed E-state index contributed by atoms with van der Waals surface area (Å²) < 4.78 is 6.33. The first kappa shape index (κ1) is 15.6. The monoisotopic (exact) mass is 340 g/mol. The van der Waals surface area contributed by atoms with Crippen molar-refractivity contribution < 1.29 is 4.74 Å². The van der Waals surface area contributed by atoms with Gasteiger partial charge in [0.1, 0.15) is 5.75 Å². The standard InChI is InChI=1S/C16H25BrN2O/c1-5-11(2)15-10-19(12(3)9-18-15)13-6-7-16(20-4)14(17)8-13/h6-8,11-12,15,18H,5,9-10H2,1-4H3. The van der Waals surface area contributed by atoms with Gasteiger partial charge in [-0.1, -0.05) is 20.3 Å². The normalized spacial score (nSPS) is 24.6. The van der Waals surface area contributed by atoms with E-state index >= 15 is 0 Å². The van der Waals surface area contributed by atoms with E-state index in [0.717, 1.165) is 23.3 Å². The Bertz CT molecular complexity index is 452. The van der Waals surface area contributed by atoms with Crippen LogP contribution in [-0.4, -0.2) is 32.3 Å². The minimum Gasteiger partial charge on any atom is -0.496 e. The third-order valence-corrected chi connectivity index (χ3v) is 5.02. The third kappa shape index (κ3) is 3.29. The van der Waals surface area contributed by atoms with Crippen LogP contribution in [-0.2, 0) is 0 Å². The summed E-state index contributed by atoms with van der Waals surface area (Å²) in [5.74, 6) is 1.58. The average Bonchev–Trinajstić information content (AvgIpc) is 2.46. The number of benzene rings is 1. The van der Waals surface area contributed by atoms with Gasteiger partial charge in [0.25, 0.3) is 0 Å². The maximum atomic E-state index is 5.31. The maximum Gasteiger partial charge on any atom is 0.133 e. The van der Waals surface area contributed by atoms with Gasteiger partial charge in [-0.15, -0.1) is 0 Å². The van der Waals surface area contributed by atoms with Crippen molar-refractivity contribution >= 4 is 21.6 Å². The Balaban J connectivity index is 2.18. The fourth-order valence-corrected chi connectivity index (χ4v) is 3.28. The number of halogens is 1. The number of hydrogen-bond donors (Lipinski definition) is 1. The van der Waals surface area contributed by atoms with Crippen LogP contribution in [0.3, 0.4) is 0 Å². The molecule has 1 aromatic rings. The van der Waals surface area contributed by atoms with Gasteiger partial charge < -0.3 is 15.0 Å². The number of methoxy groups -OCH3 is 1. The van der Waals surface area contributed by atoms with E-state index in [0.29, 0.717) is 18.0 Å². The predicted octanol–water partition coefficient (Wildman–Crippen LogP) is 3.67. The van der Waals surface area contributed by atoms with Crippen LogP contribution in [0, 0.1) is 5.92 Å². The molecule has 3 nitrogen and oxygen atoms in total. The highest BCUT2D eigenvalue weighted by Gasteiger charge is 2.28. The second-order valence-corrected chi connectivity index (χ2v) is 6.57. The van der Waals surface area contributed by atoms with Crippen molar-refractivity contribution in [2.75, 3.05) is 25.1 Å². The molecule has 1 aromatic carbocycles. The summed E-state index contributed by atoms with van der Waals surface area (Å²) in [7, 11) is 1.70. The molecule has 0 bridgehead atoms. The number of hydrogen-bond acceptors (Lipinski definition) is 3. The van der Waals surface area contributed by atoms with Gasteiger partial charge in [-0.2, -0.15) is 0 Å². The van der Waals surface area contributed by atoms with E-state index in [4.69, 9.17) is 4.74 Å². The summed E-state index contributed by atoms with van der Waals surface area (Å²) in [6, 6.07) is 7.42.